The van der Waals surface area contributed by atoms with Crippen LogP contribution in [0.1, 0.15) is 21.5 Å². The maximum absolute atomic E-state index is 12.9. The van der Waals surface area contributed by atoms with Gasteiger partial charge in [0.1, 0.15) is 5.75 Å². The molecule has 158 valence electrons. The van der Waals surface area contributed by atoms with Crippen LogP contribution < -0.4 is 10.2 Å². The van der Waals surface area contributed by atoms with Crippen LogP contribution in [0.15, 0.2) is 72.1 Å². The summed E-state index contributed by atoms with van der Waals surface area (Å²) < 4.78 is 44.1. The summed E-state index contributed by atoms with van der Waals surface area (Å²) in [6.07, 6.45) is -0.608. The van der Waals surface area contributed by atoms with Crippen LogP contribution in [0.25, 0.3) is 0 Å². The molecular formula is C20H13F3N4O4. The lowest BCUT2D eigenvalue weighted by atomic mass is 10.1. The normalized spacial score (nSPS) is 11.3. The second-order valence-electron chi connectivity index (χ2n) is 6.01. The monoisotopic (exact) mass is 430 g/mol. The average molecular weight is 430 g/mol. The number of halogens is 3. The van der Waals surface area contributed by atoms with E-state index in [-0.39, 0.29) is 11.5 Å². The van der Waals surface area contributed by atoms with Gasteiger partial charge in [0.15, 0.2) is 0 Å². The largest absolute Gasteiger partial charge is 0.449 e. The molecule has 0 saturated heterocycles. The molecule has 0 spiro atoms. The zero-order chi connectivity index (χ0) is 22.4. The molecule has 2 aromatic carbocycles. The maximum Gasteiger partial charge on any atom is 0.416 e. The topological polar surface area (TPSA) is 107 Å². The van der Waals surface area contributed by atoms with E-state index in [0.29, 0.717) is 23.3 Å². The van der Waals surface area contributed by atoms with Crippen LogP contribution in [0.4, 0.5) is 18.9 Å². The molecule has 0 radical (unpaired) electrons. The van der Waals surface area contributed by atoms with E-state index in [4.69, 9.17) is 4.74 Å². The van der Waals surface area contributed by atoms with Crippen LogP contribution in [-0.2, 0) is 6.18 Å². The van der Waals surface area contributed by atoms with Crippen molar-refractivity contribution in [2.45, 2.75) is 6.18 Å². The Morgan fingerprint density at radius 1 is 1.10 bits per heavy atom. The summed E-state index contributed by atoms with van der Waals surface area (Å²) in [5.41, 5.74) is 0.956. The molecule has 0 aliphatic heterocycles. The summed E-state index contributed by atoms with van der Waals surface area (Å²) in [7, 11) is 0. The van der Waals surface area contributed by atoms with Gasteiger partial charge in [-0.2, -0.15) is 18.3 Å². The maximum atomic E-state index is 12.9. The first-order chi connectivity index (χ1) is 14.8. The number of nitro groups is 1. The summed E-state index contributed by atoms with van der Waals surface area (Å²) in [6.45, 7) is 0. The minimum atomic E-state index is -4.74. The zero-order valence-electron chi connectivity index (χ0n) is 15.5. The number of nitro benzene ring substituents is 1. The molecule has 0 saturated carbocycles. The number of nitrogens with one attached hydrogen (secondary N) is 1. The molecule has 0 bridgehead atoms. The van der Waals surface area contributed by atoms with Crippen LogP contribution in [-0.4, -0.2) is 22.0 Å². The van der Waals surface area contributed by atoms with Gasteiger partial charge in [0.2, 0.25) is 5.75 Å². The average Bonchev–Trinajstić information content (AvgIpc) is 2.74. The number of amides is 1. The number of benzene rings is 2. The first kappa shape index (κ1) is 21.4. The van der Waals surface area contributed by atoms with E-state index < -0.39 is 28.3 Å². The van der Waals surface area contributed by atoms with Gasteiger partial charge in [-0.3, -0.25) is 19.9 Å². The van der Waals surface area contributed by atoms with Crippen molar-refractivity contribution >= 4 is 17.8 Å². The van der Waals surface area contributed by atoms with Gasteiger partial charge in [-0.05, 0) is 36.4 Å². The van der Waals surface area contributed by atoms with Crippen molar-refractivity contribution in [2.24, 2.45) is 5.10 Å². The molecule has 0 unspecified atom stereocenters. The van der Waals surface area contributed by atoms with E-state index >= 15 is 0 Å². The molecule has 0 aliphatic carbocycles. The van der Waals surface area contributed by atoms with Gasteiger partial charge in [0, 0.05) is 29.6 Å². The molecular weight excluding hydrogens is 417 g/mol. The molecule has 0 atom stereocenters. The van der Waals surface area contributed by atoms with Gasteiger partial charge >= 0.3 is 11.9 Å². The van der Waals surface area contributed by atoms with Gasteiger partial charge in [-0.15, -0.1) is 0 Å². The smallest absolute Gasteiger partial charge is 0.416 e. The molecule has 0 aliphatic rings. The number of hydrogen-bond acceptors (Lipinski definition) is 6. The number of hydrogen-bond donors (Lipinski definition) is 1. The van der Waals surface area contributed by atoms with E-state index in [1.165, 1.54) is 36.8 Å². The van der Waals surface area contributed by atoms with Crippen LogP contribution >= 0.6 is 0 Å². The molecule has 3 rings (SSSR count). The Kier molecular flexibility index (Phi) is 6.24. The number of carbonyl (C=O) groups is 1. The van der Waals surface area contributed by atoms with Crippen molar-refractivity contribution in [1.82, 2.24) is 10.4 Å². The SMILES string of the molecule is O=C(NN=Cc1ccccc1Oc1ccc(C(F)(F)F)cc1[N+](=O)[O-])c1ccncc1. The van der Waals surface area contributed by atoms with E-state index in [2.05, 4.69) is 15.5 Å². The molecule has 0 fully saturated rings. The minimum absolute atomic E-state index is 0.0901. The fourth-order valence-electron chi connectivity index (χ4n) is 2.45. The summed E-state index contributed by atoms with van der Waals surface area (Å²) in [5, 5.41) is 15.1. The van der Waals surface area contributed by atoms with Gasteiger partial charge in [0.25, 0.3) is 5.91 Å². The van der Waals surface area contributed by atoms with Gasteiger partial charge in [0.05, 0.1) is 16.7 Å². The van der Waals surface area contributed by atoms with Crippen LogP contribution in [0.3, 0.4) is 0 Å². The highest BCUT2D eigenvalue weighted by Gasteiger charge is 2.33. The number of hydrazone groups is 1. The second-order valence-corrected chi connectivity index (χ2v) is 6.01. The van der Waals surface area contributed by atoms with Gasteiger partial charge in [-0.25, -0.2) is 5.43 Å². The highest BCUT2D eigenvalue weighted by atomic mass is 19.4. The Hall–Kier alpha value is -4.28. The number of rotatable bonds is 6. The third-order valence-corrected chi connectivity index (χ3v) is 3.93. The number of nitrogens with zero attached hydrogens (tertiary/aromatic N) is 3. The summed E-state index contributed by atoms with van der Waals surface area (Å²) >= 11 is 0. The molecule has 3 aromatic rings. The second kappa shape index (κ2) is 9.03. The molecule has 31 heavy (non-hydrogen) atoms. The number of para-hydroxylation sites is 1. The fraction of sp³-hybridized carbons (Fsp3) is 0.0500. The Labute approximate surface area is 173 Å². The van der Waals surface area contributed by atoms with E-state index in [9.17, 15) is 28.1 Å². The Morgan fingerprint density at radius 3 is 2.48 bits per heavy atom. The predicted molar refractivity (Wildman–Crippen MR) is 104 cm³/mol. The van der Waals surface area contributed by atoms with Crippen molar-refractivity contribution in [3.63, 3.8) is 0 Å². The Bertz CT molecular complexity index is 1130. The quantitative estimate of drug-likeness (QED) is 0.350. The first-order valence-electron chi connectivity index (χ1n) is 8.61. The standard InChI is InChI=1S/C20H13F3N4O4/c21-20(22,23)15-5-6-18(16(11-15)27(29)30)31-17-4-2-1-3-14(17)12-25-26-19(28)13-7-9-24-10-8-13/h1-12H,(H,26,28). The molecule has 1 amide bonds. The predicted octanol–water partition coefficient (Wildman–Crippen LogP) is 4.56. The van der Waals surface area contributed by atoms with E-state index in [1.807, 2.05) is 0 Å². The third kappa shape index (κ3) is 5.41. The summed E-state index contributed by atoms with van der Waals surface area (Å²) in [6, 6.07) is 11.1. The van der Waals surface area contributed by atoms with Gasteiger partial charge in [-0.1, -0.05) is 12.1 Å². The van der Waals surface area contributed by atoms with Crippen molar-refractivity contribution < 1.29 is 27.6 Å². The number of aromatic nitrogens is 1. The van der Waals surface area contributed by atoms with Crippen molar-refractivity contribution in [1.29, 1.82) is 0 Å². The fourth-order valence-corrected chi connectivity index (χ4v) is 2.45. The highest BCUT2D eigenvalue weighted by Crippen LogP contribution is 2.38. The zero-order valence-corrected chi connectivity index (χ0v) is 15.5. The number of pyridine rings is 1. The van der Waals surface area contributed by atoms with E-state index in [1.54, 1.807) is 18.2 Å². The minimum Gasteiger partial charge on any atom is -0.449 e. The molecule has 11 heteroatoms. The Balaban J connectivity index is 1.82. The Morgan fingerprint density at radius 2 is 1.81 bits per heavy atom. The van der Waals surface area contributed by atoms with Crippen LogP contribution in [0.5, 0.6) is 11.5 Å². The first-order valence-corrected chi connectivity index (χ1v) is 8.61. The summed E-state index contributed by atoms with van der Waals surface area (Å²) in [5.74, 6) is -0.776. The highest BCUT2D eigenvalue weighted by molar-refractivity contribution is 5.94. The molecule has 8 nitrogen and oxygen atoms in total. The van der Waals surface area contributed by atoms with E-state index in [0.717, 1.165) is 6.07 Å². The number of alkyl halides is 3. The lowest BCUT2D eigenvalue weighted by Gasteiger charge is -2.11. The van der Waals surface area contributed by atoms with Crippen molar-refractivity contribution in [2.75, 3.05) is 0 Å². The number of carbonyl (C=O) groups excluding carboxylic acids is 1. The number of ether oxygens (including phenoxy) is 1. The van der Waals surface area contributed by atoms with Crippen molar-refractivity contribution in [3.05, 3.63) is 93.8 Å². The molecule has 1 aromatic heterocycles. The lowest BCUT2D eigenvalue weighted by molar-refractivity contribution is -0.385. The van der Waals surface area contributed by atoms with Crippen LogP contribution in [0.2, 0.25) is 0 Å². The van der Waals surface area contributed by atoms with Crippen molar-refractivity contribution in [3.8, 4) is 11.5 Å². The molecule has 1 heterocycles. The third-order valence-electron chi connectivity index (χ3n) is 3.93. The lowest BCUT2D eigenvalue weighted by Crippen LogP contribution is -2.17. The molecule has 1 N–H and O–H groups in total. The van der Waals surface area contributed by atoms with Crippen LogP contribution in [0, 0.1) is 10.1 Å². The van der Waals surface area contributed by atoms with Gasteiger partial charge < -0.3 is 4.74 Å². The summed E-state index contributed by atoms with van der Waals surface area (Å²) in [4.78, 5) is 26.1.